The first-order chi connectivity index (χ1) is 12.8. The molecule has 4 rings (SSSR count). The van der Waals surface area contributed by atoms with Gasteiger partial charge in [-0.1, -0.05) is 13.0 Å². The molecule has 0 unspecified atom stereocenters. The number of hydrogen-bond acceptors (Lipinski definition) is 4. The molecule has 1 saturated heterocycles. The fraction of sp³-hybridized carbons (Fsp3) is 0.318. The van der Waals surface area contributed by atoms with E-state index >= 15 is 0 Å². The number of nitrogens with zero attached hydrogens (tertiary/aromatic N) is 4. The van der Waals surface area contributed by atoms with Gasteiger partial charge in [0, 0.05) is 43.4 Å². The minimum atomic E-state index is 0.563. The number of aromatic nitrogens is 3. The Balaban J connectivity index is 1.43. The first-order valence-electron chi connectivity index (χ1n) is 9.34. The fourth-order valence-corrected chi connectivity index (χ4v) is 3.62. The molecule has 4 nitrogen and oxygen atoms in total. The van der Waals surface area contributed by atoms with Gasteiger partial charge < -0.3 is 0 Å². The second kappa shape index (κ2) is 7.75. The number of rotatable bonds is 5. The van der Waals surface area contributed by atoms with Crippen LogP contribution in [-0.2, 0) is 13.0 Å². The van der Waals surface area contributed by atoms with Crippen molar-refractivity contribution in [1.82, 2.24) is 19.9 Å². The zero-order valence-electron chi connectivity index (χ0n) is 15.2. The van der Waals surface area contributed by atoms with Crippen LogP contribution in [0.5, 0.6) is 0 Å². The van der Waals surface area contributed by atoms with Crippen LogP contribution >= 0.6 is 0 Å². The van der Waals surface area contributed by atoms with E-state index in [0.717, 1.165) is 43.0 Å². The summed E-state index contributed by atoms with van der Waals surface area (Å²) >= 11 is 0. The van der Waals surface area contributed by atoms with Crippen LogP contribution < -0.4 is 0 Å². The zero-order valence-corrected chi connectivity index (χ0v) is 15.2. The first-order valence-corrected chi connectivity index (χ1v) is 9.34. The predicted octanol–water partition coefficient (Wildman–Crippen LogP) is 4.09. The topological polar surface area (TPSA) is 41.9 Å². The average molecular weight is 344 g/mol. The van der Waals surface area contributed by atoms with E-state index in [0.29, 0.717) is 5.92 Å². The first kappa shape index (κ1) is 16.9. The van der Waals surface area contributed by atoms with Crippen LogP contribution in [0.25, 0.3) is 11.3 Å². The Kier molecular flexibility index (Phi) is 5.02. The van der Waals surface area contributed by atoms with Gasteiger partial charge in [-0.15, -0.1) is 0 Å². The van der Waals surface area contributed by atoms with E-state index in [1.54, 1.807) is 0 Å². The minimum absolute atomic E-state index is 0.563. The summed E-state index contributed by atoms with van der Waals surface area (Å²) in [6, 6.07) is 12.8. The van der Waals surface area contributed by atoms with E-state index in [2.05, 4.69) is 51.0 Å². The summed E-state index contributed by atoms with van der Waals surface area (Å²) < 4.78 is 0. The summed E-state index contributed by atoms with van der Waals surface area (Å²) in [4.78, 5) is 15.7. The third kappa shape index (κ3) is 3.81. The summed E-state index contributed by atoms with van der Waals surface area (Å²) in [7, 11) is 0. The Morgan fingerprint density at radius 3 is 2.69 bits per heavy atom. The van der Waals surface area contributed by atoms with Gasteiger partial charge in [0.05, 0.1) is 11.4 Å². The number of aryl methyl sites for hydroxylation is 1. The largest absolute Gasteiger partial charge is 0.297 e. The van der Waals surface area contributed by atoms with E-state index in [4.69, 9.17) is 0 Å². The molecule has 0 aromatic carbocycles. The minimum Gasteiger partial charge on any atom is -0.297 e. The quantitative estimate of drug-likeness (QED) is 0.699. The molecule has 1 fully saturated rings. The van der Waals surface area contributed by atoms with Gasteiger partial charge in [0.2, 0.25) is 0 Å². The summed E-state index contributed by atoms with van der Waals surface area (Å²) in [5.41, 5.74) is 5.99. The molecule has 0 bridgehead atoms. The normalized spacial score (nSPS) is 17.5. The molecule has 0 saturated carbocycles. The molecule has 4 heterocycles. The Hall–Kier alpha value is -2.59. The van der Waals surface area contributed by atoms with E-state index < -0.39 is 0 Å². The molecule has 1 aliphatic rings. The van der Waals surface area contributed by atoms with Crippen molar-refractivity contribution in [2.45, 2.75) is 32.2 Å². The van der Waals surface area contributed by atoms with Gasteiger partial charge in [0.15, 0.2) is 0 Å². The summed E-state index contributed by atoms with van der Waals surface area (Å²) in [5.74, 6) is 0.563. The summed E-state index contributed by atoms with van der Waals surface area (Å²) in [6.07, 6.45) is 9.80. The van der Waals surface area contributed by atoms with Crippen LogP contribution in [0.15, 0.2) is 61.2 Å². The van der Waals surface area contributed by atoms with Crippen molar-refractivity contribution in [3.05, 3.63) is 78.0 Å². The van der Waals surface area contributed by atoms with Crippen LogP contribution in [0.3, 0.4) is 0 Å². The van der Waals surface area contributed by atoms with Gasteiger partial charge in [-0.2, -0.15) is 0 Å². The van der Waals surface area contributed by atoms with E-state index in [9.17, 15) is 0 Å². The van der Waals surface area contributed by atoms with Crippen LogP contribution in [0.2, 0.25) is 0 Å². The molecular weight excluding hydrogens is 320 g/mol. The lowest BCUT2D eigenvalue weighted by atomic mass is 9.97. The molecule has 4 heteroatoms. The Morgan fingerprint density at radius 2 is 1.92 bits per heavy atom. The molecule has 26 heavy (non-hydrogen) atoms. The van der Waals surface area contributed by atoms with Crippen molar-refractivity contribution in [1.29, 1.82) is 0 Å². The Labute approximate surface area is 155 Å². The van der Waals surface area contributed by atoms with Crippen LogP contribution in [0, 0.1) is 0 Å². The molecule has 0 radical (unpaired) electrons. The number of hydrogen-bond donors (Lipinski definition) is 0. The highest BCUT2D eigenvalue weighted by molar-refractivity contribution is 5.59. The molecule has 132 valence electrons. The molecule has 1 aliphatic heterocycles. The highest BCUT2D eigenvalue weighted by Gasteiger charge is 2.24. The third-order valence-electron chi connectivity index (χ3n) is 5.18. The Morgan fingerprint density at radius 1 is 1.04 bits per heavy atom. The van der Waals surface area contributed by atoms with Crippen LogP contribution in [0.1, 0.15) is 36.1 Å². The average Bonchev–Trinajstić information content (AvgIpc) is 3.18. The fourth-order valence-electron chi connectivity index (χ4n) is 3.62. The van der Waals surface area contributed by atoms with Gasteiger partial charge in [0.25, 0.3) is 0 Å². The van der Waals surface area contributed by atoms with Gasteiger partial charge in [-0.3, -0.25) is 19.9 Å². The molecule has 0 N–H and O–H groups in total. The van der Waals surface area contributed by atoms with Crippen molar-refractivity contribution < 1.29 is 0 Å². The molecule has 3 aromatic heterocycles. The van der Waals surface area contributed by atoms with Gasteiger partial charge in [-0.05, 0) is 66.8 Å². The molecule has 0 aliphatic carbocycles. The van der Waals surface area contributed by atoms with E-state index in [-0.39, 0.29) is 0 Å². The number of likely N-dealkylation sites (tertiary alicyclic amines) is 1. The molecule has 0 spiro atoms. The van der Waals surface area contributed by atoms with Crippen molar-refractivity contribution >= 4 is 0 Å². The smallest absolute Gasteiger partial charge is 0.0705 e. The molecule has 3 aromatic rings. The van der Waals surface area contributed by atoms with Gasteiger partial charge in [0.1, 0.15) is 0 Å². The standard InChI is InChI=1S/C22H24N4/c1-2-17-3-4-21(25-14-17)16-26-12-8-20(15-26)19-7-11-24-22(13-19)18-5-9-23-10-6-18/h3-7,9-11,13-14,20H,2,8,12,15-16H2,1H3/t20-/m0/s1. The lowest BCUT2D eigenvalue weighted by Crippen LogP contribution is -2.20. The van der Waals surface area contributed by atoms with Crippen molar-refractivity contribution in [3.63, 3.8) is 0 Å². The SMILES string of the molecule is CCc1ccc(CN2CC[C@H](c3ccnc(-c4ccncc4)c3)C2)nc1. The highest BCUT2D eigenvalue weighted by atomic mass is 15.1. The van der Waals surface area contributed by atoms with Gasteiger partial charge in [-0.25, -0.2) is 0 Å². The van der Waals surface area contributed by atoms with Crippen molar-refractivity contribution in [2.75, 3.05) is 13.1 Å². The van der Waals surface area contributed by atoms with Crippen molar-refractivity contribution in [3.8, 4) is 11.3 Å². The highest BCUT2D eigenvalue weighted by Crippen LogP contribution is 2.29. The molecule has 0 amide bonds. The maximum absolute atomic E-state index is 4.61. The summed E-state index contributed by atoms with van der Waals surface area (Å²) in [6.45, 7) is 5.30. The van der Waals surface area contributed by atoms with Crippen LogP contribution in [0.4, 0.5) is 0 Å². The van der Waals surface area contributed by atoms with Crippen LogP contribution in [-0.4, -0.2) is 32.9 Å². The lowest BCUT2D eigenvalue weighted by Gasteiger charge is -2.16. The van der Waals surface area contributed by atoms with E-state index in [1.165, 1.54) is 17.5 Å². The zero-order chi connectivity index (χ0) is 17.8. The third-order valence-corrected chi connectivity index (χ3v) is 5.18. The predicted molar refractivity (Wildman–Crippen MR) is 104 cm³/mol. The second-order valence-corrected chi connectivity index (χ2v) is 6.94. The van der Waals surface area contributed by atoms with Crippen molar-refractivity contribution in [2.24, 2.45) is 0 Å². The summed E-state index contributed by atoms with van der Waals surface area (Å²) in [5, 5.41) is 0. The maximum Gasteiger partial charge on any atom is 0.0705 e. The second-order valence-electron chi connectivity index (χ2n) is 6.94. The molecular formula is C22H24N4. The number of pyridine rings is 3. The molecule has 1 atom stereocenters. The van der Waals surface area contributed by atoms with E-state index in [1.807, 2.05) is 36.9 Å². The Bertz CT molecular complexity index is 846. The lowest BCUT2D eigenvalue weighted by molar-refractivity contribution is 0.322. The van der Waals surface area contributed by atoms with Gasteiger partial charge >= 0.3 is 0 Å². The maximum atomic E-state index is 4.61. The monoisotopic (exact) mass is 344 g/mol.